The zero-order chi connectivity index (χ0) is 12.1. The first-order chi connectivity index (χ1) is 8.25. The van der Waals surface area contributed by atoms with Gasteiger partial charge in [-0.2, -0.15) is 5.10 Å². The largest absolute Gasteiger partial charge is 0.391 e. The minimum atomic E-state index is 0.485. The van der Waals surface area contributed by atoms with E-state index in [1.165, 1.54) is 0 Å². The molecular weight excluding hydrogens is 214 g/mol. The summed E-state index contributed by atoms with van der Waals surface area (Å²) in [7, 11) is 1.88. The van der Waals surface area contributed by atoms with Crippen molar-refractivity contribution in [1.82, 2.24) is 9.78 Å². The summed E-state index contributed by atoms with van der Waals surface area (Å²) in [5.41, 5.74) is 2.91. The Morgan fingerprint density at radius 2 is 2.12 bits per heavy atom. The number of hydrogen-bond acceptors (Lipinski definition) is 3. The molecule has 0 radical (unpaired) electrons. The van der Waals surface area contributed by atoms with Gasteiger partial charge in [0.25, 0.3) is 0 Å². The molecule has 0 N–H and O–H groups in total. The van der Waals surface area contributed by atoms with Gasteiger partial charge in [-0.15, -0.1) is 0 Å². The lowest BCUT2D eigenvalue weighted by Crippen LogP contribution is -1.95. The fraction of sp³-hybridized carbons (Fsp3) is 0.231. The summed E-state index contributed by atoms with van der Waals surface area (Å²) >= 11 is 0. The number of aromatic nitrogens is 2. The van der Waals surface area contributed by atoms with Crippen LogP contribution in [0.25, 0.3) is 0 Å². The zero-order valence-electron chi connectivity index (χ0n) is 10.00. The Kier molecular flexibility index (Phi) is 3.55. The molecule has 0 bridgehead atoms. The van der Waals surface area contributed by atoms with Gasteiger partial charge in [-0.25, -0.2) is 0 Å². The van der Waals surface area contributed by atoms with Gasteiger partial charge in [-0.05, 0) is 12.5 Å². The van der Waals surface area contributed by atoms with E-state index in [2.05, 4.69) is 10.3 Å². The van der Waals surface area contributed by atoms with Crippen molar-refractivity contribution < 1.29 is 4.84 Å². The topological polar surface area (TPSA) is 39.4 Å². The Morgan fingerprint density at radius 3 is 2.76 bits per heavy atom. The van der Waals surface area contributed by atoms with E-state index in [0.717, 1.165) is 16.8 Å². The van der Waals surface area contributed by atoms with Crippen molar-refractivity contribution in [2.24, 2.45) is 12.2 Å². The molecule has 0 saturated carbocycles. The van der Waals surface area contributed by atoms with Crippen LogP contribution in [0.5, 0.6) is 0 Å². The van der Waals surface area contributed by atoms with E-state index < -0.39 is 0 Å². The van der Waals surface area contributed by atoms with Crippen LogP contribution in [0, 0.1) is 0 Å². The average Bonchev–Trinajstić information content (AvgIpc) is 2.77. The third-order valence-corrected chi connectivity index (χ3v) is 2.40. The molecule has 0 unspecified atom stereocenters. The fourth-order valence-electron chi connectivity index (χ4n) is 1.44. The van der Waals surface area contributed by atoms with Crippen LogP contribution < -0.4 is 0 Å². The van der Waals surface area contributed by atoms with Crippen LogP contribution in [0.4, 0.5) is 0 Å². The highest BCUT2D eigenvalue weighted by Crippen LogP contribution is 2.03. The van der Waals surface area contributed by atoms with E-state index in [4.69, 9.17) is 4.84 Å². The number of hydrogen-bond donors (Lipinski definition) is 0. The Morgan fingerprint density at radius 1 is 1.35 bits per heavy atom. The number of rotatable bonds is 4. The summed E-state index contributed by atoms with van der Waals surface area (Å²) in [6.45, 7) is 2.39. The van der Waals surface area contributed by atoms with E-state index in [1.54, 1.807) is 10.9 Å². The molecule has 1 aromatic carbocycles. The maximum atomic E-state index is 5.30. The standard InChI is InChI=1S/C13H15N3O/c1-11(13-8-14-16(2)9-13)15-17-10-12-6-4-3-5-7-12/h3-9H,10H2,1-2H3. The number of aryl methyl sites for hydroxylation is 1. The number of oxime groups is 1. The van der Waals surface area contributed by atoms with Crippen molar-refractivity contribution in [3.05, 3.63) is 53.9 Å². The second-order valence-corrected chi connectivity index (χ2v) is 3.84. The molecule has 2 aromatic rings. The van der Waals surface area contributed by atoms with Crippen LogP contribution in [0.2, 0.25) is 0 Å². The van der Waals surface area contributed by atoms with E-state index in [-0.39, 0.29) is 0 Å². The molecule has 0 aliphatic heterocycles. The Bertz CT molecular complexity index is 502. The highest BCUT2D eigenvalue weighted by atomic mass is 16.6. The van der Waals surface area contributed by atoms with Gasteiger partial charge in [0.05, 0.1) is 11.9 Å². The lowest BCUT2D eigenvalue weighted by atomic mass is 10.2. The number of nitrogens with zero attached hydrogens (tertiary/aromatic N) is 3. The molecule has 0 amide bonds. The minimum absolute atomic E-state index is 0.485. The Hall–Kier alpha value is -2.10. The monoisotopic (exact) mass is 229 g/mol. The van der Waals surface area contributed by atoms with Crippen LogP contribution in [-0.4, -0.2) is 15.5 Å². The van der Waals surface area contributed by atoms with E-state index in [9.17, 15) is 0 Å². The Labute approximate surface area is 101 Å². The first-order valence-electron chi connectivity index (χ1n) is 5.45. The van der Waals surface area contributed by atoms with Gasteiger partial charge in [0, 0.05) is 18.8 Å². The predicted molar refractivity (Wildman–Crippen MR) is 66.7 cm³/mol. The summed E-state index contributed by atoms with van der Waals surface area (Å²) in [6, 6.07) is 9.96. The summed E-state index contributed by atoms with van der Waals surface area (Å²) in [5.74, 6) is 0. The van der Waals surface area contributed by atoms with Gasteiger partial charge >= 0.3 is 0 Å². The van der Waals surface area contributed by atoms with Crippen LogP contribution in [-0.2, 0) is 18.5 Å². The molecule has 2 rings (SSSR count). The van der Waals surface area contributed by atoms with Gasteiger partial charge in [0.2, 0.25) is 0 Å². The van der Waals surface area contributed by atoms with Crippen LogP contribution in [0.1, 0.15) is 18.1 Å². The molecule has 0 atom stereocenters. The molecule has 88 valence electrons. The van der Waals surface area contributed by atoms with Crippen molar-refractivity contribution in [3.8, 4) is 0 Å². The van der Waals surface area contributed by atoms with Crippen LogP contribution in [0.3, 0.4) is 0 Å². The molecule has 17 heavy (non-hydrogen) atoms. The molecule has 0 aliphatic rings. The first-order valence-corrected chi connectivity index (χ1v) is 5.45. The molecule has 0 fully saturated rings. The Balaban J connectivity index is 1.93. The van der Waals surface area contributed by atoms with Crippen molar-refractivity contribution in [3.63, 3.8) is 0 Å². The molecule has 4 nitrogen and oxygen atoms in total. The van der Waals surface area contributed by atoms with E-state index >= 15 is 0 Å². The van der Waals surface area contributed by atoms with Gasteiger partial charge in [0.15, 0.2) is 0 Å². The molecule has 4 heteroatoms. The molecule has 1 heterocycles. The van der Waals surface area contributed by atoms with Crippen molar-refractivity contribution >= 4 is 5.71 Å². The van der Waals surface area contributed by atoms with Gasteiger partial charge in [-0.3, -0.25) is 4.68 Å². The summed E-state index contributed by atoms with van der Waals surface area (Å²) in [5, 5.41) is 8.15. The quantitative estimate of drug-likeness (QED) is 0.596. The number of benzene rings is 1. The molecular formula is C13H15N3O. The lowest BCUT2D eigenvalue weighted by molar-refractivity contribution is 0.130. The predicted octanol–water partition coefficient (Wildman–Crippen LogP) is 2.36. The van der Waals surface area contributed by atoms with Crippen molar-refractivity contribution in [2.45, 2.75) is 13.5 Å². The van der Waals surface area contributed by atoms with E-state index in [0.29, 0.717) is 6.61 Å². The lowest BCUT2D eigenvalue weighted by Gasteiger charge is -2.00. The molecule has 0 spiro atoms. The second-order valence-electron chi connectivity index (χ2n) is 3.84. The zero-order valence-corrected chi connectivity index (χ0v) is 10.00. The highest BCUT2D eigenvalue weighted by molar-refractivity contribution is 5.97. The van der Waals surface area contributed by atoms with Crippen LogP contribution >= 0.6 is 0 Å². The third kappa shape index (κ3) is 3.17. The van der Waals surface area contributed by atoms with Crippen molar-refractivity contribution in [2.75, 3.05) is 0 Å². The third-order valence-electron chi connectivity index (χ3n) is 2.40. The van der Waals surface area contributed by atoms with Gasteiger partial charge in [0.1, 0.15) is 6.61 Å². The minimum Gasteiger partial charge on any atom is -0.391 e. The van der Waals surface area contributed by atoms with Crippen LogP contribution in [0.15, 0.2) is 47.9 Å². The summed E-state index contributed by atoms with van der Waals surface area (Å²) < 4.78 is 1.74. The average molecular weight is 229 g/mol. The SMILES string of the molecule is CC(=NOCc1ccccc1)c1cnn(C)c1. The summed E-state index contributed by atoms with van der Waals surface area (Å²) in [4.78, 5) is 5.30. The van der Waals surface area contributed by atoms with Gasteiger partial charge in [-0.1, -0.05) is 35.5 Å². The maximum absolute atomic E-state index is 5.30. The normalized spacial score (nSPS) is 11.5. The first kappa shape index (κ1) is 11.4. The maximum Gasteiger partial charge on any atom is 0.142 e. The molecule has 1 aromatic heterocycles. The van der Waals surface area contributed by atoms with E-state index in [1.807, 2.05) is 50.5 Å². The second kappa shape index (κ2) is 5.30. The highest BCUT2D eigenvalue weighted by Gasteiger charge is 2.00. The van der Waals surface area contributed by atoms with Crippen molar-refractivity contribution in [1.29, 1.82) is 0 Å². The molecule has 0 aliphatic carbocycles. The summed E-state index contributed by atoms with van der Waals surface area (Å²) in [6.07, 6.45) is 3.68. The van der Waals surface area contributed by atoms with Gasteiger partial charge < -0.3 is 4.84 Å². The fourth-order valence-corrected chi connectivity index (χ4v) is 1.44. The smallest absolute Gasteiger partial charge is 0.142 e. The molecule has 0 saturated heterocycles.